The van der Waals surface area contributed by atoms with Crippen LogP contribution in [0.2, 0.25) is 0 Å². The molecule has 0 atom stereocenters. The molecule has 0 aliphatic heterocycles. The van der Waals surface area contributed by atoms with E-state index in [-0.39, 0.29) is 0 Å². The summed E-state index contributed by atoms with van der Waals surface area (Å²) in [7, 11) is 0. The SMILES string of the molecule is CCN(CC)CCOc1ccc(CN=Nc2ncnc3c2cnn3-c2ccccc2)cc1. The summed E-state index contributed by atoms with van der Waals surface area (Å²) in [4.78, 5) is 11.0. The topological polar surface area (TPSA) is 80.8 Å². The molecule has 0 unspecified atom stereocenters. The van der Waals surface area contributed by atoms with E-state index >= 15 is 0 Å². The molecule has 8 nitrogen and oxygen atoms in total. The Morgan fingerprint density at radius 3 is 2.50 bits per heavy atom. The van der Waals surface area contributed by atoms with Gasteiger partial charge in [0.05, 0.1) is 23.8 Å². The Morgan fingerprint density at radius 1 is 0.969 bits per heavy atom. The number of fused-ring (bicyclic) bond motifs is 1. The van der Waals surface area contributed by atoms with E-state index in [1.165, 1.54) is 6.33 Å². The van der Waals surface area contributed by atoms with Crippen LogP contribution in [0.25, 0.3) is 16.7 Å². The summed E-state index contributed by atoms with van der Waals surface area (Å²) >= 11 is 0. The number of hydrogen-bond acceptors (Lipinski definition) is 7. The molecule has 0 N–H and O–H groups in total. The second-order valence-electron chi connectivity index (χ2n) is 7.25. The van der Waals surface area contributed by atoms with E-state index in [9.17, 15) is 0 Å². The van der Waals surface area contributed by atoms with Gasteiger partial charge in [-0.1, -0.05) is 44.2 Å². The van der Waals surface area contributed by atoms with Crippen LogP contribution in [-0.4, -0.2) is 50.9 Å². The first-order chi connectivity index (χ1) is 15.8. The second kappa shape index (κ2) is 10.6. The number of nitrogens with zero attached hydrogens (tertiary/aromatic N) is 7. The van der Waals surface area contributed by atoms with Crippen molar-refractivity contribution in [1.82, 2.24) is 24.6 Å². The summed E-state index contributed by atoms with van der Waals surface area (Å²) in [6, 6.07) is 17.8. The molecule has 0 saturated heterocycles. The maximum absolute atomic E-state index is 5.83. The van der Waals surface area contributed by atoms with Crippen molar-refractivity contribution in [2.45, 2.75) is 20.4 Å². The summed E-state index contributed by atoms with van der Waals surface area (Å²) in [5.41, 5.74) is 2.69. The van der Waals surface area contributed by atoms with Gasteiger partial charge in [0.2, 0.25) is 0 Å². The molecule has 4 aromatic rings. The highest BCUT2D eigenvalue weighted by Gasteiger charge is 2.10. The third-order valence-corrected chi connectivity index (χ3v) is 5.26. The molecule has 0 aliphatic rings. The fourth-order valence-corrected chi connectivity index (χ4v) is 3.38. The predicted octanol–water partition coefficient (Wildman–Crippen LogP) is 4.82. The lowest BCUT2D eigenvalue weighted by Crippen LogP contribution is -2.27. The molecule has 0 amide bonds. The number of hydrogen-bond donors (Lipinski definition) is 0. The van der Waals surface area contributed by atoms with Crippen LogP contribution in [0.5, 0.6) is 5.75 Å². The minimum atomic E-state index is 0.456. The highest BCUT2D eigenvalue weighted by atomic mass is 16.5. The maximum atomic E-state index is 5.83. The number of rotatable bonds is 10. The van der Waals surface area contributed by atoms with Gasteiger partial charge in [0.15, 0.2) is 11.5 Å². The smallest absolute Gasteiger partial charge is 0.188 e. The Bertz CT molecular complexity index is 1150. The van der Waals surface area contributed by atoms with Crippen molar-refractivity contribution in [3.05, 3.63) is 72.7 Å². The van der Waals surface area contributed by atoms with E-state index in [1.807, 2.05) is 54.6 Å². The lowest BCUT2D eigenvalue weighted by molar-refractivity contribution is 0.223. The fourth-order valence-electron chi connectivity index (χ4n) is 3.38. The summed E-state index contributed by atoms with van der Waals surface area (Å²) in [5, 5.41) is 13.9. The van der Waals surface area contributed by atoms with E-state index in [0.717, 1.165) is 42.0 Å². The lowest BCUT2D eigenvalue weighted by atomic mass is 10.2. The lowest BCUT2D eigenvalue weighted by Gasteiger charge is -2.18. The van der Waals surface area contributed by atoms with Crippen LogP contribution in [0, 0.1) is 0 Å². The Morgan fingerprint density at radius 2 is 1.75 bits per heavy atom. The highest BCUT2D eigenvalue weighted by Crippen LogP contribution is 2.24. The standard InChI is InChI=1S/C24H27N7O/c1-3-30(4-2)14-15-32-21-12-10-19(11-13-21)16-27-29-23-22-17-28-31(24(22)26-18-25-23)20-8-6-5-7-9-20/h5-13,17-18H,3-4,14-16H2,1-2H3. The molecule has 0 aliphatic carbocycles. The zero-order valence-electron chi connectivity index (χ0n) is 18.4. The Hall–Kier alpha value is -3.65. The van der Waals surface area contributed by atoms with E-state index in [1.54, 1.807) is 10.9 Å². The molecule has 0 radical (unpaired) electrons. The molecule has 0 bridgehead atoms. The highest BCUT2D eigenvalue weighted by molar-refractivity contribution is 5.85. The molecule has 4 rings (SSSR count). The quantitative estimate of drug-likeness (QED) is 0.338. The minimum Gasteiger partial charge on any atom is -0.492 e. The Balaban J connectivity index is 1.38. The van der Waals surface area contributed by atoms with Gasteiger partial charge in [0, 0.05) is 6.54 Å². The Kier molecular flexibility index (Phi) is 7.14. The van der Waals surface area contributed by atoms with Gasteiger partial charge in [-0.05, 0) is 42.9 Å². The maximum Gasteiger partial charge on any atom is 0.188 e. The number of para-hydroxylation sites is 1. The number of benzene rings is 2. The number of aromatic nitrogens is 4. The van der Waals surface area contributed by atoms with Crippen molar-refractivity contribution in [2.75, 3.05) is 26.2 Å². The number of ether oxygens (including phenoxy) is 1. The molecular weight excluding hydrogens is 402 g/mol. The van der Waals surface area contributed by atoms with Gasteiger partial charge in [0.25, 0.3) is 0 Å². The monoisotopic (exact) mass is 429 g/mol. The molecule has 8 heteroatoms. The van der Waals surface area contributed by atoms with E-state index < -0.39 is 0 Å². The second-order valence-corrected chi connectivity index (χ2v) is 7.25. The molecule has 0 fully saturated rings. The van der Waals surface area contributed by atoms with Crippen LogP contribution in [0.3, 0.4) is 0 Å². The molecule has 2 aromatic heterocycles. The van der Waals surface area contributed by atoms with Gasteiger partial charge >= 0.3 is 0 Å². The van der Waals surface area contributed by atoms with Crippen LogP contribution >= 0.6 is 0 Å². The zero-order chi connectivity index (χ0) is 22.2. The van der Waals surface area contributed by atoms with Gasteiger partial charge in [-0.3, -0.25) is 0 Å². The first-order valence-corrected chi connectivity index (χ1v) is 10.8. The molecular formula is C24H27N7O. The van der Waals surface area contributed by atoms with Crippen LogP contribution in [0.15, 0.2) is 77.3 Å². The van der Waals surface area contributed by atoms with Crippen LogP contribution < -0.4 is 4.74 Å². The third kappa shape index (κ3) is 5.15. The van der Waals surface area contributed by atoms with Gasteiger partial charge in [0.1, 0.15) is 18.7 Å². The first kappa shape index (κ1) is 21.6. The van der Waals surface area contributed by atoms with Crippen LogP contribution in [-0.2, 0) is 6.54 Å². The molecule has 0 saturated carbocycles. The Labute approximate surface area is 187 Å². The van der Waals surface area contributed by atoms with Gasteiger partial charge in [-0.2, -0.15) is 10.2 Å². The summed E-state index contributed by atoms with van der Waals surface area (Å²) in [6.45, 7) is 8.46. The molecule has 32 heavy (non-hydrogen) atoms. The summed E-state index contributed by atoms with van der Waals surface area (Å²) in [6.07, 6.45) is 3.21. The summed E-state index contributed by atoms with van der Waals surface area (Å²) < 4.78 is 7.61. The van der Waals surface area contributed by atoms with Crippen molar-refractivity contribution < 1.29 is 4.74 Å². The predicted molar refractivity (Wildman–Crippen MR) is 125 cm³/mol. The number of azo groups is 1. The van der Waals surface area contributed by atoms with Crippen LogP contribution in [0.4, 0.5) is 5.82 Å². The van der Waals surface area contributed by atoms with Crippen molar-refractivity contribution >= 4 is 16.9 Å². The summed E-state index contributed by atoms with van der Waals surface area (Å²) in [5.74, 6) is 1.37. The molecule has 164 valence electrons. The van der Waals surface area contributed by atoms with Gasteiger partial charge < -0.3 is 9.64 Å². The van der Waals surface area contributed by atoms with Crippen molar-refractivity contribution in [1.29, 1.82) is 0 Å². The average molecular weight is 430 g/mol. The van der Waals surface area contributed by atoms with Gasteiger partial charge in [-0.15, -0.1) is 5.11 Å². The largest absolute Gasteiger partial charge is 0.492 e. The fraction of sp³-hybridized carbons (Fsp3) is 0.292. The molecule has 2 aromatic carbocycles. The van der Waals surface area contributed by atoms with Gasteiger partial charge in [-0.25, -0.2) is 14.6 Å². The zero-order valence-corrected chi connectivity index (χ0v) is 18.4. The normalized spacial score (nSPS) is 11.6. The first-order valence-electron chi connectivity index (χ1n) is 10.8. The molecule has 0 spiro atoms. The third-order valence-electron chi connectivity index (χ3n) is 5.26. The van der Waals surface area contributed by atoms with E-state index in [2.05, 4.69) is 44.0 Å². The van der Waals surface area contributed by atoms with E-state index in [4.69, 9.17) is 4.74 Å². The minimum absolute atomic E-state index is 0.456. The van der Waals surface area contributed by atoms with Crippen molar-refractivity contribution in [3.63, 3.8) is 0 Å². The van der Waals surface area contributed by atoms with Crippen molar-refractivity contribution in [2.24, 2.45) is 10.2 Å². The average Bonchev–Trinajstić information content (AvgIpc) is 3.28. The number of likely N-dealkylation sites (N-methyl/N-ethyl adjacent to an activating group) is 1. The van der Waals surface area contributed by atoms with Crippen molar-refractivity contribution in [3.8, 4) is 11.4 Å². The van der Waals surface area contributed by atoms with E-state index in [0.29, 0.717) is 24.6 Å². The van der Waals surface area contributed by atoms with Crippen LogP contribution in [0.1, 0.15) is 19.4 Å². The molecule has 2 heterocycles.